The van der Waals surface area contributed by atoms with Crippen molar-refractivity contribution in [1.82, 2.24) is 5.32 Å². The molecule has 1 aliphatic rings. The average molecular weight is 279 g/mol. The molecule has 0 radical (unpaired) electrons. The third kappa shape index (κ3) is 3.86. The van der Waals surface area contributed by atoms with Gasteiger partial charge in [-0.15, -0.1) is 0 Å². The van der Waals surface area contributed by atoms with Crippen molar-refractivity contribution in [3.8, 4) is 0 Å². The molecule has 0 spiro atoms. The van der Waals surface area contributed by atoms with Gasteiger partial charge in [0.05, 0.1) is 11.9 Å². The molecule has 3 nitrogen and oxygen atoms in total. The second-order valence-electron chi connectivity index (χ2n) is 5.85. The first kappa shape index (κ1) is 15.6. The number of furan rings is 1. The van der Waals surface area contributed by atoms with Gasteiger partial charge in [0.15, 0.2) is 0 Å². The van der Waals surface area contributed by atoms with E-state index in [-0.39, 0.29) is 5.60 Å². The maximum Gasteiger partial charge on any atom is 0.105 e. The Morgan fingerprint density at radius 2 is 2.10 bits per heavy atom. The van der Waals surface area contributed by atoms with Gasteiger partial charge in [-0.1, -0.05) is 26.2 Å². The van der Waals surface area contributed by atoms with Gasteiger partial charge >= 0.3 is 0 Å². The van der Waals surface area contributed by atoms with Gasteiger partial charge < -0.3 is 14.5 Å². The second kappa shape index (κ2) is 7.84. The molecule has 1 aromatic heterocycles. The molecule has 0 saturated heterocycles. The Bertz CT molecular complexity index is 350. The van der Waals surface area contributed by atoms with Crippen molar-refractivity contribution < 1.29 is 9.15 Å². The Morgan fingerprint density at radius 3 is 2.70 bits per heavy atom. The van der Waals surface area contributed by atoms with E-state index in [0.29, 0.717) is 6.04 Å². The van der Waals surface area contributed by atoms with Gasteiger partial charge in [0.1, 0.15) is 5.76 Å². The number of rotatable bonds is 8. The molecule has 114 valence electrons. The minimum atomic E-state index is -0.00500. The fraction of sp³-hybridized carbons (Fsp3) is 0.765. The summed E-state index contributed by atoms with van der Waals surface area (Å²) in [6.07, 6.45) is 10.1. The Hall–Kier alpha value is -0.800. The largest absolute Gasteiger partial charge is 0.469 e. The lowest BCUT2D eigenvalue weighted by Crippen LogP contribution is -2.55. The molecule has 1 atom stereocenters. The van der Waals surface area contributed by atoms with E-state index in [1.807, 2.05) is 6.07 Å². The third-order valence-electron chi connectivity index (χ3n) is 4.39. The molecule has 0 bridgehead atoms. The molecule has 1 N–H and O–H groups in total. The first-order valence-electron chi connectivity index (χ1n) is 8.20. The average Bonchev–Trinajstić information content (AvgIpc) is 2.97. The Labute approximate surface area is 123 Å². The molecular weight excluding hydrogens is 250 g/mol. The molecule has 1 unspecified atom stereocenters. The fourth-order valence-corrected chi connectivity index (χ4v) is 3.42. The topological polar surface area (TPSA) is 34.4 Å². The zero-order chi connectivity index (χ0) is 14.3. The lowest BCUT2D eigenvalue weighted by atomic mass is 9.77. The van der Waals surface area contributed by atoms with Gasteiger partial charge in [0.25, 0.3) is 0 Å². The number of ether oxygens (including phenoxy) is 1. The lowest BCUT2D eigenvalue weighted by Gasteiger charge is -2.43. The van der Waals surface area contributed by atoms with Gasteiger partial charge in [-0.25, -0.2) is 0 Å². The molecule has 0 aromatic carbocycles. The van der Waals surface area contributed by atoms with Crippen LogP contribution >= 0.6 is 0 Å². The van der Waals surface area contributed by atoms with Crippen LogP contribution < -0.4 is 5.32 Å². The summed E-state index contributed by atoms with van der Waals surface area (Å²) >= 11 is 0. The predicted octanol–water partition coefficient (Wildman–Crippen LogP) is 3.93. The fourth-order valence-electron chi connectivity index (χ4n) is 3.42. The van der Waals surface area contributed by atoms with Gasteiger partial charge in [0, 0.05) is 19.1 Å². The molecule has 1 heterocycles. The van der Waals surface area contributed by atoms with E-state index >= 15 is 0 Å². The highest BCUT2D eigenvalue weighted by Gasteiger charge is 2.40. The van der Waals surface area contributed by atoms with E-state index in [4.69, 9.17) is 9.15 Å². The second-order valence-corrected chi connectivity index (χ2v) is 5.85. The van der Waals surface area contributed by atoms with Gasteiger partial charge in [-0.3, -0.25) is 0 Å². The zero-order valence-corrected chi connectivity index (χ0v) is 13.0. The SMILES string of the molecule is CCCNC(Cc1ccco1)C1(OCC)CCCCC1. The van der Waals surface area contributed by atoms with E-state index in [1.54, 1.807) is 6.26 Å². The van der Waals surface area contributed by atoms with Crippen molar-refractivity contribution >= 4 is 0 Å². The number of hydrogen-bond acceptors (Lipinski definition) is 3. The summed E-state index contributed by atoms with van der Waals surface area (Å²) in [5.41, 5.74) is -0.00500. The quantitative estimate of drug-likeness (QED) is 0.783. The summed E-state index contributed by atoms with van der Waals surface area (Å²) in [7, 11) is 0. The molecule has 1 saturated carbocycles. The summed E-state index contributed by atoms with van der Waals surface area (Å²) in [6, 6.07) is 4.40. The van der Waals surface area contributed by atoms with Crippen LogP contribution in [0.1, 0.15) is 58.1 Å². The zero-order valence-electron chi connectivity index (χ0n) is 13.0. The summed E-state index contributed by atoms with van der Waals surface area (Å²) in [5, 5.41) is 3.72. The highest BCUT2D eigenvalue weighted by Crippen LogP contribution is 2.36. The summed E-state index contributed by atoms with van der Waals surface area (Å²) in [5.74, 6) is 1.06. The first-order chi connectivity index (χ1) is 9.80. The van der Waals surface area contributed by atoms with Gasteiger partial charge in [0.2, 0.25) is 0 Å². The van der Waals surface area contributed by atoms with E-state index in [2.05, 4.69) is 25.2 Å². The van der Waals surface area contributed by atoms with Crippen LogP contribution in [0.4, 0.5) is 0 Å². The van der Waals surface area contributed by atoms with Crippen LogP contribution in [0.15, 0.2) is 22.8 Å². The highest BCUT2D eigenvalue weighted by molar-refractivity contribution is 5.06. The Balaban J connectivity index is 2.12. The molecule has 1 fully saturated rings. The van der Waals surface area contributed by atoms with Crippen molar-refractivity contribution in [2.45, 2.75) is 70.4 Å². The maximum atomic E-state index is 6.27. The van der Waals surface area contributed by atoms with Crippen LogP contribution in [0.25, 0.3) is 0 Å². The maximum absolute atomic E-state index is 6.27. The number of nitrogens with one attached hydrogen (secondary N) is 1. The highest BCUT2D eigenvalue weighted by atomic mass is 16.5. The third-order valence-corrected chi connectivity index (χ3v) is 4.39. The Kier molecular flexibility index (Phi) is 6.11. The van der Waals surface area contributed by atoms with Crippen molar-refractivity contribution in [2.24, 2.45) is 0 Å². The van der Waals surface area contributed by atoms with Crippen molar-refractivity contribution in [3.63, 3.8) is 0 Å². The van der Waals surface area contributed by atoms with Gasteiger partial charge in [-0.05, 0) is 44.9 Å². The minimum absolute atomic E-state index is 0.00500. The molecule has 3 heteroatoms. The van der Waals surface area contributed by atoms with Crippen LogP contribution in [0.5, 0.6) is 0 Å². The predicted molar refractivity (Wildman–Crippen MR) is 81.9 cm³/mol. The smallest absolute Gasteiger partial charge is 0.105 e. The Morgan fingerprint density at radius 1 is 1.30 bits per heavy atom. The molecular formula is C17H29NO2. The van der Waals surface area contributed by atoms with Crippen LogP contribution in [0.3, 0.4) is 0 Å². The molecule has 2 rings (SSSR count). The van der Waals surface area contributed by atoms with Crippen LogP contribution in [-0.2, 0) is 11.2 Å². The monoisotopic (exact) mass is 279 g/mol. The van der Waals surface area contributed by atoms with E-state index in [9.17, 15) is 0 Å². The molecule has 1 aliphatic carbocycles. The van der Waals surface area contributed by atoms with Crippen molar-refractivity contribution in [3.05, 3.63) is 24.2 Å². The van der Waals surface area contributed by atoms with Crippen molar-refractivity contribution in [1.29, 1.82) is 0 Å². The number of hydrogen-bond donors (Lipinski definition) is 1. The van der Waals surface area contributed by atoms with Gasteiger partial charge in [-0.2, -0.15) is 0 Å². The molecule has 0 aliphatic heterocycles. The summed E-state index contributed by atoms with van der Waals surface area (Å²) < 4.78 is 11.8. The summed E-state index contributed by atoms with van der Waals surface area (Å²) in [6.45, 7) is 6.16. The molecule has 0 amide bonds. The molecule has 1 aromatic rings. The van der Waals surface area contributed by atoms with E-state index in [0.717, 1.165) is 31.8 Å². The normalized spacial score (nSPS) is 19.9. The minimum Gasteiger partial charge on any atom is -0.469 e. The standard InChI is InChI=1S/C17H29NO2/c1-3-12-18-16(14-15-9-8-13-19-15)17(20-4-2)10-6-5-7-11-17/h8-9,13,16,18H,3-7,10-12,14H2,1-2H3. The molecule has 20 heavy (non-hydrogen) atoms. The van der Waals surface area contributed by atoms with Crippen molar-refractivity contribution in [2.75, 3.05) is 13.2 Å². The van der Waals surface area contributed by atoms with E-state index < -0.39 is 0 Å². The van der Waals surface area contributed by atoms with Crippen LogP contribution in [0, 0.1) is 0 Å². The van der Waals surface area contributed by atoms with E-state index in [1.165, 1.54) is 32.1 Å². The van der Waals surface area contributed by atoms with Crippen LogP contribution in [0.2, 0.25) is 0 Å². The van der Waals surface area contributed by atoms with Crippen LogP contribution in [-0.4, -0.2) is 24.8 Å². The summed E-state index contributed by atoms with van der Waals surface area (Å²) in [4.78, 5) is 0. The first-order valence-corrected chi connectivity index (χ1v) is 8.20. The lowest BCUT2D eigenvalue weighted by molar-refractivity contribution is -0.0904.